The van der Waals surface area contributed by atoms with Crippen LogP contribution in [0.1, 0.15) is 49.1 Å². The molecule has 0 aromatic heterocycles. The molecule has 1 aromatic carbocycles. The van der Waals surface area contributed by atoms with E-state index in [4.69, 9.17) is 21.1 Å². The number of hydrogen-bond donors (Lipinski definition) is 0. The normalized spacial score (nSPS) is 15.9. The van der Waals surface area contributed by atoms with Crippen molar-refractivity contribution in [3.8, 4) is 5.75 Å². The topological polar surface area (TPSA) is 35.5 Å². The Morgan fingerprint density at radius 2 is 1.95 bits per heavy atom. The van der Waals surface area contributed by atoms with Gasteiger partial charge in [-0.3, -0.25) is 4.79 Å². The van der Waals surface area contributed by atoms with Crippen molar-refractivity contribution >= 4 is 17.6 Å². The summed E-state index contributed by atoms with van der Waals surface area (Å²) in [4.78, 5) is 11.4. The van der Waals surface area contributed by atoms with E-state index in [1.54, 1.807) is 7.11 Å². The monoisotopic (exact) mass is 296 g/mol. The average Bonchev–Trinajstić information content (AvgIpc) is 2.48. The van der Waals surface area contributed by atoms with Crippen molar-refractivity contribution in [3.05, 3.63) is 28.3 Å². The van der Waals surface area contributed by atoms with Gasteiger partial charge in [-0.1, -0.05) is 30.9 Å². The molecule has 1 saturated carbocycles. The van der Waals surface area contributed by atoms with Gasteiger partial charge in [0.25, 0.3) is 0 Å². The molecule has 0 radical (unpaired) electrons. The molecule has 0 saturated heterocycles. The smallest absolute Gasteiger partial charge is 0.310 e. The van der Waals surface area contributed by atoms with E-state index in [0.717, 1.165) is 21.9 Å². The molecule has 0 bridgehead atoms. The van der Waals surface area contributed by atoms with Crippen molar-refractivity contribution in [1.82, 2.24) is 0 Å². The van der Waals surface area contributed by atoms with Gasteiger partial charge in [0.15, 0.2) is 0 Å². The van der Waals surface area contributed by atoms with Crippen LogP contribution in [-0.2, 0) is 16.0 Å². The minimum absolute atomic E-state index is 0.185. The zero-order valence-electron chi connectivity index (χ0n) is 12.1. The Labute approximate surface area is 125 Å². The van der Waals surface area contributed by atoms with E-state index in [2.05, 4.69) is 0 Å². The summed E-state index contributed by atoms with van der Waals surface area (Å²) in [6, 6.07) is 3.85. The quantitative estimate of drug-likeness (QED) is 0.784. The fourth-order valence-corrected chi connectivity index (χ4v) is 3.23. The first kappa shape index (κ1) is 15.2. The summed E-state index contributed by atoms with van der Waals surface area (Å²) in [7, 11) is 3.00. The molecule has 0 amide bonds. The van der Waals surface area contributed by atoms with E-state index in [9.17, 15) is 4.79 Å². The Balaban J connectivity index is 2.28. The van der Waals surface area contributed by atoms with Gasteiger partial charge in [0.05, 0.1) is 20.6 Å². The second-order valence-corrected chi connectivity index (χ2v) is 5.68. The number of rotatable bonds is 4. The highest BCUT2D eigenvalue weighted by Crippen LogP contribution is 2.39. The molecule has 0 aliphatic heterocycles. The largest absolute Gasteiger partial charge is 0.496 e. The number of esters is 1. The zero-order valence-corrected chi connectivity index (χ0v) is 12.8. The standard InChI is InChI=1S/C16H21ClO3/c1-19-15-10-13(11-6-4-3-5-7-11)14(17)8-12(15)9-16(18)20-2/h8,10-11H,3-7,9H2,1-2H3. The molecule has 0 N–H and O–H groups in total. The third kappa shape index (κ3) is 3.45. The maximum absolute atomic E-state index is 11.4. The lowest BCUT2D eigenvalue weighted by Crippen LogP contribution is -2.09. The molecule has 110 valence electrons. The Kier molecular flexibility index (Phi) is 5.30. The molecule has 1 aliphatic rings. The van der Waals surface area contributed by atoms with E-state index in [-0.39, 0.29) is 12.4 Å². The molecule has 0 spiro atoms. The molecule has 3 nitrogen and oxygen atoms in total. The fraction of sp³-hybridized carbons (Fsp3) is 0.562. The predicted octanol–water partition coefficient (Wildman–Crippen LogP) is 4.11. The number of hydrogen-bond acceptors (Lipinski definition) is 3. The van der Waals surface area contributed by atoms with Gasteiger partial charge >= 0.3 is 5.97 Å². The van der Waals surface area contributed by atoms with Gasteiger partial charge in [0.2, 0.25) is 0 Å². The molecule has 20 heavy (non-hydrogen) atoms. The van der Waals surface area contributed by atoms with Crippen molar-refractivity contribution in [2.45, 2.75) is 44.4 Å². The highest BCUT2D eigenvalue weighted by molar-refractivity contribution is 6.31. The van der Waals surface area contributed by atoms with Gasteiger partial charge in [-0.15, -0.1) is 0 Å². The molecular formula is C16H21ClO3. The van der Waals surface area contributed by atoms with Crippen LogP contribution in [-0.4, -0.2) is 20.2 Å². The van der Waals surface area contributed by atoms with E-state index in [1.165, 1.54) is 39.2 Å². The third-order valence-corrected chi connectivity index (χ3v) is 4.33. The Bertz CT molecular complexity index is 479. The molecule has 1 aliphatic carbocycles. The van der Waals surface area contributed by atoms with Crippen LogP contribution in [0.15, 0.2) is 12.1 Å². The molecule has 0 atom stereocenters. The lowest BCUT2D eigenvalue weighted by molar-refractivity contribution is -0.139. The van der Waals surface area contributed by atoms with Crippen LogP contribution in [0.4, 0.5) is 0 Å². The summed E-state index contributed by atoms with van der Waals surface area (Å²) in [5, 5.41) is 0.733. The van der Waals surface area contributed by atoms with Crippen molar-refractivity contribution in [2.75, 3.05) is 14.2 Å². The first-order chi connectivity index (χ1) is 9.65. The SMILES string of the molecule is COC(=O)Cc1cc(Cl)c(C2CCCCC2)cc1OC. The van der Waals surface area contributed by atoms with Gasteiger partial charge in [-0.25, -0.2) is 0 Å². The van der Waals surface area contributed by atoms with Crippen LogP contribution in [0, 0.1) is 0 Å². The highest BCUT2D eigenvalue weighted by Gasteiger charge is 2.21. The maximum Gasteiger partial charge on any atom is 0.310 e. The Morgan fingerprint density at radius 1 is 1.25 bits per heavy atom. The van der Waals surface area contributed by atoms with Crippen molar-refractivity contribution < 1.29 is 14.3 Å². The van der Waals surface area contributed by atoms with Crippen LogP contribution >= 0.6 is 11.6 Å². The van der Waals surface area contributed by atoms with Crippen LogP contribution in [0.5, 0.6) is 5.75 Å². The van der Waals surface area contributed by atoms with Gasteiger partial charge in [-0.2, -0.15) is 0 Å². The van der Waals surface area contributed by atoms with E-state index >= 15 is 0 Å². The zero-order chi connectivity index (χ0) is 14.5. The number of carbonyl (C=O) groups is 1. The minimum atomic E-state index is -0.287. The van der Waals surface area contributed by atoms with E-state index in [1.807, 2.05) is 12.1 Å². The van der Waals surface area contributed by atoms with Gasteiger partial charge < -0.3 is 9.47 Å². The fourth-order valence-electron chi connectivity index (χ4n) is 2.89. The lowest BCUT2D eigenvalue weighted by atomic mass is 9.83. The average molecular weight is 297 g/mol. The summed E-state index contributed by atoms with van der Waals surface area (Å²) in [5.74, 6) is 0.947. The van der Waals surface area contributed by atoms with Crippen molar-refractivity contribution in [2.24, 2.45) is 0 Å². The van der Waals surface area contributed by atoms with Crippen LogP contribution in [0.25, 0.3) is 0 Å². The van der Waals surface area contributed by atoms with Crippen molar-refractivity contribution in [3.63, 3.8) is 0 Å². The van der Waals surface area contributed by atoms with E-state index < -0.39 is 0 Å². The van der Waals surface area contributed by atoms with E-state index in [0.29, 0.717) is 5.92 Å². The number of ether oxygens (including phenoxy) is 2. The summed E-state index contributed by atoms with van der Waals surface area (Å²) in [6.45, 7) is 0. The molecule has 1 fully saturated rings. The summed E-state index contributed by atoms with van der Waals surface area (Å²) in [6.07, 6.45) is 6.37. The third-order valence-electron chi connectivity index (χ3n) is 4.01. The number of halogens is 1. The predicted molar refractivity (Wildman–Crippen MR) is 79.6 cm³/mol. The molecule has 2 rings (SSSR count). The lowest BCUT2D eigenvalue weighted by Gasteiger charge is -2.24. The maximum atomic E-state index is 11.4. The molecule has 0 heterocycles. The molecule has 4 heteroatoms. The summed E-state index contributed by atoms with van der Waals surface area (Å²) < 4.78 is 10.1. The summed E-state index contributed by atoms with van der Waals surface area (Å²) >= 11 is 6.41. The van der Waals surface area contributed by atoms with Crippen LogP contribution in [0.2, 0.25) is 5.02 Å². The number of methoxy groups -OCH3 is 2. The van der Waals surface area contributed by atoms with Gasteiger partial charge in [0.1, 0.15) is 5.75 Å². The summed E-state index contributed by atoms with van der Waals surface area (Å²) in [5.41, 5.74) is 1.93. The first-order valence-electron chi connectivity index (χ1n) is 7.08. The number of benzene rings is 1. The van der Waals surface area contributed by atoms with Crippen molar-refractivity contribution in [1.29, 1.82) is 0 Å². The highest BCUT2D eigenvalue weighted by atomic mass is 35.5. The minimum Gasteiger partial charge on any atom is -0.496 e. The second kappa shape index (κ2) is 6.98. The Morgan fingerprint density at radius 3 is 2.55 bits per heavy atom. The molecule has 1 aromatic rings. The second-order valence-electron chi connectivity index (χ2n) is 5.27. The molecule has 0 unspecified atom stereocenters. The molecular weight excluding hydrogens is 276 g/mol. The van der Waals surface area contributed by atoms with Crippen LogP contribution in [0.3, 0.4) is 0 Å². The number of carbonyl (C=O) groups excluding carboxylic acids is 1. The van der Waals surface area contributed by atoms with Gasteiger partial charge in [0, 0.05) is 10.6 Å². The first-order valence-corrected chi connectivity index (χ1v) is 7.46. The van der Waals surface area contributed by atoms with Crippen LogP contribution < -0.4 is 4.74 Å². The Hall–Kier alpha value is -1.22. The van der Waals surface area contributed by atoms with Gasteiger partial charge in [-0.05, 0) is 36.5 Å².